The van der Waals surface area contributed by atoms with E-state index in [2.05, 4.69) is 9.73 Å². The average Bonchev–Trinajstić information content (AvgIpc) is 3.25. The maximum Gasteiger partial charge on any atom is 0.433 e. The maximum atomic E-state index is 12.8. The Morgan fingerprint density at radius 3 is 2.58 bits per heavy atom. The van der Waals surface area contributed by atoms with Gasteiger partial charge < -0.3 is 19.2 Å². The molecule has 2 heterocycles. The lowest BCUT2D eigenvalue weighted by Crippen LogP contribution is -2.40. The average molecular weight is 474 g/mol. The number of furan rings is 1. The van der Waals surface area contributed by atoms with E-state index in [9.17, 15) is 28.1 Å². The molecule has 0 aliphatic carbocycles. The monoisotopic (exact) mass is 473 g/mol. The highest BCUT2D eigenvalue weighted by atomic mass is 35.5. The minimum absolute atomic E-state index is 0.0182. The number of hydrogen-bond donors (Lipinski definition) is 1. The van der Waals surface area contributed by atoms with Crippen LogP contribution in [0.2, 0.25) is 5.02 Å². The van der Waals surface area contributed by atoms with E-state index in [1.165, 1.54) is 22.5 Å². The number of hydrogen-bond acceptors (Lipinski definition) is 9. The van der Waals surface area contributed by atoms with Crippen LogP contribution in [0.5, 0.6) is 0 Å². The Balaban J connectivity index is 1.64. The van der Waals surface area contributed by atoms with Gasteiger partial charge in [-0.25, -0.2) is 13.2 Å². The predicted octanol–water partition coefficient (Wildman–Crippen LogP) is 1.66. The van der Waals surface area contributed by atoms with Crippen LogP contribution in [0.25, 0.3) is 0 Å². The van der Waals surface area contributed by atoms with E-state index < -0.39 is 45.1 Å². The van der Waals surface area contributed by atoms with E-state index >= 15 is 0 Å². The van der Waals surface area contributed by atoms with Crippen molar-refractivity contribution in [3.05, 3.63) is 51.2 Å². The molecule has 1 aromatic carbocycles. The first-order chi connectivity index (χ1) is 14.7. The zero-order valence-electron chi connectivity index (χ0n) is 15.8. The lowest BCUT2D eigenvalue weighted by atomic mass is 10.3. The number of sulfonamides is 1. The molecule has 0 radical (unpaired) electrons. The van der Waals surface area contributed by atoms with Crippen molar-refractivity contribution in [2.75, 3.05) is 38.2 Å². The van der Waals surface area contributed by atoms with Gasteiger partial charge in [-0.2, -0.15) is 4.31 Å². The summed E-state index contributed by atoms with van der Waals surface area (Å²) in [4.78, 5) is 33.4. The smallest absolute Gasteiger partial charge is 0.433 e. The number of nitro groups is 1. The first-order valence-corrected chi connectivity index (χ1v) is 10.6. The molecule has 1 amide bonds. The Kier molecular flexibility index (Phi) is 6.90. The van der Waals surface area contributed by atoms with Crippen LogP contribution in [0.3, 0.4) is 0 Å². The summed E-state index contributed by atoms with van der Waals surface area (Å²) in [6.45, 7) is 0.142. The van der Waals surface area contributed by atoms with Gasteiger partial charge in [-0.3, -0.25) is 14.9 Å². The second kappa shape index (κ2) is 9.43. The second-order valence-electron chi connectivity index (χ2n) is 6.18. The van der Waals surface area contributed by atoms with Crippen molar-refractivity contribution in [1.82, 2.24) is 4.31 Å². The van der Waals surface area contributed by atoms with Crippen molar-refractivity contribution in [1.29, 1.82) is 0 Å². The number of nitrogens with one attached hydrogen (secondary N) is 1. The molecule has 0 bridgehead atoms. The van der Waals surface area contributed by atoms with Crippen molar-refractivity contribution < 1.29 is 36.8 Å². The SMILES string of the molecule is O=C(COC(=O)c1ccc([N+](=O)[O-])o1)Nc1ccc(Cl)c(S(=O)(=O)N2CCOCC2)c1. The summed E-state index contributed by atoms with van der Waals surface area (Å²) >= 11 is 6.05. The Bertz CT molecular complexity index is 1110. The van der Waals surface area contributed by atoms with Crippen LogP contribution in [0.1, 0.15) is 10.6 Å². The van der Waals surface area contributed by atoms with Gasteiger partial charge in [0.1, 0.15) is 9.82 Å². The fourth-order valence-electron chi connectivity index (χ4n) is 2.64. The third-order valence-corrected chi connectivity index (χ3v) is 6.49. The number of rotatable bonds is 7. The molecule has 166 valence electrons. The Labute approximate surface area is 180 Å². The minimum Gasteiger partial charge on any atom is -0.450 e. The van der Waals surface area contributed by atoms with Crippen molar-refractivity contribution in [2.45, 2.75) is 4.90 Å². The number of benzene rings is 1. The zero-order valence-corrected chi connectivity index (χ0v) is 17.3. The molecule has 14 heteroatoms. The van der Waals surface area contributed by atoms with Gasteiger partial charge in [-0.05, 0) is 24.3 Å². The molecule has 0 saturated carbocycles. The molecule has 1 saturated heterocycles. The van der Waals surface area contributed by atoms with Crippen LogP contribution >= 0.6 is 11.6 Å². The molecule has 3 rings (SSSR count). The summed E-state index contributed by atoms with van der Waals surface area (Å²) < 4.78 is 41.4. The van der Waals surface area contributed by atoms with Crippen LogP contribution in [0.15, 0.2) is 39.6 Å². The molecule has 1 fully saturated rings. The molecule has 0 atom stereocenters. The number of carbonyl (C=O) groups excluding carboxylic acids is 2. The fourth-order valence-corrected chi connectivity index (χ4v) is 4.55. The van der Waals surface area contributed by atoms with Crippen LogP contribution in [0, 0.1) is 10.1 Å². The largest absolute Gasteiger partial charge is 0.450 e. The van der Waals surface area contributed by atoms with Gasteiger partial charge in [-0.1, -0.05) is 11.6 Å². The molecule has 1 aliphatic rings. The number of halogens is 1. The molecule has 0 spiro atoms. The highest BCUT2D eigenvalue weighted by molar-refractivity contribution is 7.89. The number of amides is 1. The first kappa shape index (κ1) is 22.7. The third kappa shape index (κ3) is 5.38. The molecule has 2 aromatic rings. The van der Waals surface area contributed by atoms with Gasteiger partial charge in [0.15, 0.2) is 6.61 Å². The Hall–Kier alpha value is -3.00. The minimum atomic E-state index is -3.90. The predicted molar refractivity (Wildman–Crippen MR) is 105 cm³/mol. The van der Waals surface area contributed by atoms with Gasteiger partial charge >= 0.3 is 11.9 Å². The second-order valence-corrected chi connectivity index (χ2v) is 8.49. The van der Waals surface area contributed by atoms with E-state index in [0.29, 0.717) is 0 Å². The topological polar surface area (TPSA) is 158 Å². The molecular weight excluding hydrogens is 458 g/mol. The summed E-state index contributed by atoms with van der Waals surface area (Å²) in [6, 6.07) is 5.92. The standard InChI is InChI=1S/C17H16ClN3O9S/c18-12-2-1-11(9-14(12)31(26,27)20-5-7-28-8-6-20)19-15(22)10-29-17(23)13-3-4-16(30-13)21(24)25/h1-4,9H,5-8,10H2,(H,19,22). The van der Waals surface area contributed by atoms with E-state index in [1.54, 1.807) is 0 Å². The van der Waals surface area contributed by atoms with Crippen LogP contribution in [-0.4, -0.2) is 62.4 Å². The maximum absolute atomic E-state index is 12.8. The van der Waals surface area contributed by atoms with Crippen molar-refractivity contribution >= 4 is 45.1 Å². The van der Waals surface area contributed by atoms with E-state index in [4.69, 9.17) is 21.1 Å². The Morgan fingerprint density at radius 1 is 1.23 bits per heavy atom. The van der Waals surface area contributed by atoms with Gasteiger partial charge in [0.25, 0.3) is 5.91 Å². The van der Waals surface area contributed by atoms with Crippen LogP contribution < -0.4 is 5.32 Å². The normalized spacial score (nSPS) is 14.7. The quantitative estimate of drug-likeness (QED) is 0.358. The lowest BCUT2D eigenvalue weighted by Gasteiger charge is -2.26. The van der Waals surface area contributed by atoms with Crippen molar-refractivity contribution in [3.63, 3.8) is 0 Å². The number of morpholine rings is 1. The number of carbonyl (C=O) groups is 2. The molecule has 1 aromatic heterocycles. The van der Waals surface area contributed by atoms with Crippen LogP contribution in [0.4, 0.5) is 11.6 Å². The molecule has 12 nitrogen and oxygen atoms in total. The van der Waals surface area contributed by atoms with Gasteiger partial charge in [0, 0.05) is 18.8 Å². The molecule has 1 N–H and O–H groups in total. The van der Waals surface area contributed by atoms with Crippen LogP contribution in [-0.2, 0) is 24.3 Å². The van der Waals surface area contributed by atoms with Gasteiger partial charge in [0.2, 0.25) is 15.8 Å². The van der Waals surface area contributed by atoms with E-state index in [1.807, 2.05) is 0 Å². The third-order valence-electron chi connectivity index (χ3n) is 4.11. The van der Waals surface area contributed by atoms with E-state index in [0.717, 1.165) is 12.1 Å². The first-order valence-electron chi connectivity index (χ1n) is 8.77. The van der Waals surface area contributed by atoms with E-state index in [-0.39, 0.29) is 41.9 Å². The summed E-state index contributed by atoms with van der Waals surface area (Å²) in [5.41, 5.74) is 0.117. The Morgan fingerprint density at radius 2 is 1.94 bits per heavy atom. The highest BCUT2D eigenvalue weighted by Crippen LogP contribution is 2.28. The number of anilines is 1. The number of nitrogens with zero attached hydrogens (tertiary/aromatic N) is 2. The zero-order chi connectivity index (χ0) is 22.6. The van der Waals surface area contributed by atoms with Crippen molar-refractivity contribution in [2.24, 2.45) is 0 Å². The highest BCUT2D eigenvalue weighted by Gasteiger charge is 2.29. The summed E-state index contributed by atoms with van der Waals surface area (Å²) in [6.07, 6.45) is 0. The lowest BCUT2D eigenvalue weighted by molar-refractivity contribution is -0.402. The summed E-state index contributed by atoms with van der Waals surface area (Å²) in [7, 11) is -3.90. The molecule has 1 aliphatic heterocycles. The number of esters is 1. The fraction of sp³-hybridized carbons (Fsp3) is 0.294. The van der Waals surface area contributed by atoms with Gasteiger partial charge in [0.05, 0.1) is 24.3 Å². The summed E-state index contributed by atoms with van der Waals surface area (Å²) in [5.74, 6) is -2.93. The molecule has 31 heavy (non-hydrogen) atoms. The summed E-state index contributed by atoms with van der Waals surface area (Å²) in [5, 5.41) is 12.9. The molecular formula is C17H16ClN3O9S. The number of ether oxygens (including phenoxy) is 2. The van der Waals surface area contributed by atoms with Crippen molar-refractivity contribution in [3.8, 4) is 0 Å². The van der Waals surface area contributed by atoms with Gasteiger partial charge in [-0.15, -0.1) is 0 Å². The molecule has 0 unspecified atom stereocenters.